The van der Waals surface area contributed by atoms with E-state index in [1.807, 2.05) is 31.2 Å². The molecule has 0 saturated carbocycles. The van der Waals surface area contributed by atoms with Gasteiger partial charge in [-0.25, -0.2) is 0 Å². The smallest absolute Gasteiger partial charge is 0.300 e. The summed E-state index contributed by atoms with van der Waals surface area (Å²) in [6.07, 6.45) is 0. The van der Waals surface area contributed by atoms with Gasteiger partial charge in [0.05, 0.1) is 43.5 Å². The van der Waals surface area contributed by atoms with E-state index in [0.717, 1.165) is 5.56 Å². The number of aliphatic hydroxyl groups is 1. The molecule has 0 spiro atoms. The van der Waals surface area contributed by atoms with Gasteiger partial charge in [-0.05, 0) is 42.8 Å². The van der Waals surface area contributed by atoms with Crippen LogP contribution >= 0.6 is 11.6 Å². The van der Waals surface area contributed by atoms with Crippen LogP contribution in [-0.4, -0.2) is 38.1 Å². The Morgan fingerprint density at radius 1 is 0.914 bits per heavy atom. The normalized spacial score (nSPS) is 16.9. The summed E-state index contributed by atoms with van der Waals surface area (Å²) < 4.78 is 15.9. The number of hydrogen-bond acceptors (Lipinski definition) is 6. The third kappa shape index (κ3) is 4.31. The standard InChI is InChI=1S/C27H24ClNO6/c1-15-6-5-7-16(12-15)24-23(25(30)19-13-20(28)22(35-4)14-21(19)34-3)26(31)27(32)29(24)17-8-10-18(33-2)11-9-17/h5-14,24,30H,1-4H3/b25-23+. The monoisotopic (exact) mass is 493 g/mol. The van der Waals surface area contributed by atoms with Crippen molar-refractivity contribution in [2.75, 3.05) is 26.2 Å². The molecule has 4 rings (SSSR count). The number of aryl methyl sites for hydroxylation is 1. The zero-order valence-corrected chi connectivity index (χ0v) is 20.4. The van der Waals surface area contributed by atoms with Gasteiger partial charge in [0.25, 0.3) is 11.7 Å². The van der Waals surface area contributed by atoms with Crippen molar-refractivity contribution in [3.63, 3.8) is 0 Å². The number of nitrogens with zero attached hydrogens (tertiary/aromatic N) is 1. The lowest BCUT2D eigenvalue weighted by Crippen LogP contribution is -2.29. The lowest BCUT2D eigenvalue weighted by Gasteiger charge is -2.26. The molecule has 3 aromatic rings. The quantitative estimate of drug-likeness (QED) is 0.285. The van der Waals surface area contributed by atoms with Crippen molar-refractivity contribution in [1.29, 1.82) is 0 Å². The van der Waals surface area contributed by atoms with Gasteiger partial charge < -0.3 is 19.3 Å². The van der Waals surface area contributed by atoms with Crippen molar-refractivity contribution in [1.82, 2.24) is 0 Å². The van der Waals surface area contributed by atoms with E-state index in [1.54, 1.807) is 31.4 Å². The van der Waals surface area contributed by atoms with E-state index in [0.29, 0.717) is 22.7 Å². The maximum atomic E-state index is 13.4. The van der Waals surface area contributed by atoms with Gasteiger partial charge in [0, 0.05) is 11.8 Å². The number of halogens is 1. The van der Waals surface area contributed by atoms with Crippen LogP contribution in [0.3, 0.4) is 0 Å². The number of ether oxygens (including phenoxy) is 3. The highest BCUT2D eigenvalue weighted by Gasteiger charge is 2.47. The summed E-state index contributed by atoms with van der Waals surface area (Å²) in [5, 5.41) is 11.7. The predicted octanol–water partition coefficient (Wildman–Crippen LogP) is 5.30. The van der Waals surface area contributed by atoms with Gasteiger partial charge >= 0.3 is 0 Å². The van der Waals surface area contributed by atoms with Gasteiger partial charge in [-0.1, -0.05) is 41.4 Å². The zero-order valence-electron chi connectivity index (χ0n) is 19.7. The second kappa shape index (κ2) is 9.72. The van der Waals surface area contributed by atoms with E-state index in [4.69, 9.17) is 25.8 Å². The van der Waals surface area contributed by atoms with Gasteiger partial charge in [-0.2, -0.15) is 0 Å². The molecule has 0 aromatic heterocycles. The molecule has 0 bridgehead atoms. The van der Waals surface area contributed by atoms with Crippen LogP contribution in [0.1, 0.15) is 22.7 Å². The van der Waals surface area contributed by atoms with Crippen LogP contribution in [0.25, 0.3) is 5.76 Å². The molecule has 1 amide bonds. The molecule has 1 saturated heterocycles. The second-order valence-electron chi connectivity index (χ2n) is 7.97. The van der Waals surface area contributed by atoms with E-state index in [2.05, 4.69) is 0 Å². The molecule has 1 aliphatic rings. The number of aliphatic hydroxyl groups excluding tert-OH is 1. The zero-order chi connectivity index (χ0) is 25.3. The summed E-state index contributed by atoms with van der Waals surface area (Å²) in [6.45, 7) is 1.91. The first-order valence-electron chi connectivity index (χ1n) is 10.7. The fraction of sp³-hybridized carbons (Fsp3) is 0.185. The summed E-state index contributed by atoms with van der Waals surface area (Å²) in [5.74, 6) is -0.792. The van der Waals surface area contributed by atoms with E-state index < -0.39 is 23.5 Å². The second-order valence-corrected chi connectivity index (χ2v) is 8.38. The fourth-order valence-corrected chi connectivity index (χ4v) is 4.43. The van der Waals surface area contributed by atoms with Crippen LogP contribution in [0.4, 0.5) is 5.69 Å². The molecule has 1 N–H and O–H groups in total. The average molecular weight is 494 g/mol. The topological polar surface area (TPSA) is 85.3 Å². The Morgan fingerprint density at radius 2 is 1.60 bits per heavy atom. The van der Waals surface area contributed by atoms with E-state index in [9.17, 15) is 14.7 Å². The van der Waals surface area contributed by atoms with E-state index in [-0.39, 0.29) is 21.9 Å². The number of methoxy groups -OCH3 is 3. The number of carbonyl (C=O) groups is 2. The number of Topliss-reactive ketones (excluding diaryl/α,β-unsaturated/α-hetero) is 1. The molecule has 1 aliphatic heterocycles. The SMILES string of the molecule is COc1ccc(N2C(=O)C(=O)/C(=C(/O)c3cc(Cl)c(OC)cc3OC)C2c2cccc(C)c2)cc1. The van der Waals surface area contributed by atoms with Crippen LogP contribution in [0.2, 0.25) is 5.02 Å². The first kappa shape index (κ1) is 24.2. The van der Waals surface area contributed by atoms with Crippen molar-refractivity contribution in [2.45, 2.75) is 13.0 Å². The summed E-state index contributed by atoms with van der Waals surface area (Å²) in [7, 11) is 4.42. The molecule has 1 atom stereocenters. The maximum absolute atomic E-state index is 13.4. The highest BCUT2D eigenvalue weighted by molar-refractivity contribution is 6.51. The molecule has 3 aromatic carbocycles. The molecule has 1 unspecified atom stereocenters. The molecular weight excluding hydrogens is 470 g/mol. The van der Waals surface area contributed by atoms with E-state index in [1.165, 1.54) is 31.3 Å². The van der Waals surface area contributed by atoms with Crippen LogP contribution < -0.4 is 19.1 Å². The number of benzene rings is 3. The lowest BCUT2D eigenvalue weighted by molar-refractivity contribution is -0.132. The molecular formula is C27H24ClNO6. The Hall–Kier alpha value is -3.97. The minimum atomic E-state index is -0.881. The third-order valence-electron chi connectivity index (χ3n) is 5.88. The number of anilines is 1. The molecule has 7 nitrogen and oxygen atoms in total. The Bertz CT molecular complexity index is 1330. The number of rotatable bonds is 6. The highest BCUT2D eigenvalue weighted by atomic mass is 35.5. The Kier molecular flexibility index (Phi) is 6.71. The minimum Gasteiger partial charge on any atom is -0.507 e. The number of ketones is 1. The Balaban J connectivity index is 1.97. The summed E-state index contributed by atoms with van der Waals surface area (Å²) >= 11 is 6.31. The van der Waals surface area contributed by atoms with Crippen molar-refractivity contribution in [2.24, 2.45) is 0 Å². The third-order valence-corrected chi connectivity index (χ3v) is 6.18. The molecule has 35 heavy (non-hydrogen) atoms. The fourth-order valence-electron chi connectivity index (χ4n) is 4.19. The number of carbonyl (C=O) groups excluding carboxylic acids is 2. The summed E-state index contributed by atoms with van der Waals surface area (Å²) in [6, 6.07) is 16.3. The summed E-state index contributed by atoms with van der Waals surface area (Å²) in [5.41, 5.74) is 2.19. The lowest BCUT2D eigenvalue weighted by atomic mass is 9.94. The first-order chi connectivity index (χ1) is 16.8. The van der Waals surface area contributed by atoms with Crippen LogP contribution in [0.5, 0.6) is 17.2 Å². The molecule has 0 aliphatic carbocycles. The van der Waals surface area contributed by atoms with Crippen LogP contribution in [-0.2, 0) is 9.59 Å². The van der Waals surface area contributed by atoms with E-state index >= 15 is 0 Å². The number of amides is 1. The minimum absolute atomic E-state index is 0.0732. The van der Waals surface area contributed by atoms with Crippen LogP contribution in [0.15, 0.2) is 66.2 Å². The van der Waals surface area contributed by atoms with Gasteiger partial charge in [-0.3, -0.25) is 14.5 Å². The van der Waals surface area contributed by atoms with Gasteiger partial charge in [-0.15, -0.1) is 0 Å². The van der Waals surface area contributed by atoms with Crippen molar-refractivity contribution in [3.8, 4) is 17.2 Å². The van der Waals surface area contributed by atoms with Gasteiger partial charge in [0.15, 0.2) is 0 Å². The molecule has 8 heteroatoms. The van der Waals surface area contributed by atoms with Crippen LogP contribution in [0, 0.1) is 6.92 Å². The maximum Gasteiger partial charge on any atom is 0.300 e. The molecule has 1 heterocycles. The molecule has 0 radical (unpaired) electrons. The predicted molar refractivity (Wildman–Crippen MR) is 134 cm³/mol. The number of hydrogen-bond donors (Lipinski definition) is 1. The highest BCUT2D eigenvalue weighted by Crippen LogP contribution is 2.45. The first-order valence-corrected chi connectivity index (χ1v) is 11.1. The Morgan fingerprint density at radius 3 is 2.20 bits per heavy atom. The molecule has 1 fully saturated rings. The average Bonchev–Trinajstić information content (AvgIpc) is 3.13. The molecule has 180 valence electrons. The van der Waals surface area contributed by atoms with Crippen molar-refractivity contribution in [3.05, 3.63) is 87.9 Å². The summed E-state index contributed by atoms with van der Waals surface area (Å²) in [4.78, 5) is 28.1. The van der Waals surface area contributed by atoms with Gasteiger partial charge in [0.1, 0.15) is 23.0 Å². The van der Waals surface area contributed by atoms with Crippen molar-refractivity contribution < 1.29 is 28.9 Å². The largest absolute Gasteiger partial charge is 0.507 e. The van der Waals surface area contributed by atoms with Gasteiger partial charge in [0.2, 0.25) is 0 Å². The Labute approximate surface area is 208 Å². The van der Waals surface area contributed by atoms with Crippen molar-refractivity contribution >= 4 is 34.7 Å².